The maximum atomic E-state index is 13.2. The molecule has 0 radical (unpaired) electrons. The van der Waals surface area contributed by atoms with E-state index in [1.54, 1.807) is 6.07 Å². The molecule has 2 rings (SSSR count). The van der Waals surface area contributed by atoms with E-state index in [4.69, 9.17) is 0 Å². The number of aliphatic imine (C=N–C) groups is 1. The molecule has 1 aromatic rings. The Morgan fingerprint density at radius 1 is 1.35 bits per heavy atom. The second-order valence-electron chi connectivity index (χ2n) is 7.86. The largest absolute Gasteiger partial charge is 0.356 e. The molecule has 0 aliphatic carbocycles. The molecule has 0 bridgehead atoms. The molecular formula is C21H35FN4. The van der Waals surface area contributed by atoms with Crippen LogP contribution >= 0.6 is 0 Å². The Hall–Kier alpha value is -1.62. The van der Waals surface area contributed by atoms with Gasteiger partial charge in [0.1, 0.15) is 5.82 Å². The molecule has 0 spiro atoms. The van der Waals surface area contributed by atoms with Gasteiger partial charge in [-0.2, -0.15) is 0 Å². The van der Waals surface area contributed by atoms with Crippen molar-refractivity contribution in [2.45, 2.75) is 40.0 Å². The number of piperidine rings is 1. The van der Waals surface area contributed by atoms with Crippen molar-refractivity contribution in [2.24, 2.45) is 16.8 Å². The van der Waals surface area contributed by atoms with Crippen molar-refractivity contribution in [3.05, 3.63) is 35.1 Å². The molecular weight excluding hydrogens is 327 g/mol. The van der Waals surface area contributed by atoms with Crippen LogP contribution < -0.4 is 10.6 Å². The zero-order chi connectivity index (χ0) is 18.9. The average molecular weight is 363 g/mol. The fourth-order valence-electron chi connectivity index (χ4n) is 3.72. The maximum Gasteiger partial charge on any atom is 0.190 e. The van der Waals surface area contributed by atoms with E-state index in [0.717, 1.165) is 37.0 Å². The first kappa shape index (κ1) is 20.7. The normalized spacial score (nSPS) is 19.0. The van der Waals surface area contributed by atoms with E-state index in [1.165, 1.54) is 44.1 Å². The number of halogens is 1. The third-order valence-electron chi connectivity index (χ3n) is 5.00. The molecule has 4 nitrogen and oxygen atoms in total. The molecule has 1 unspecified atom stereocenters. The van der Waals surface area contributed by atoms with E-state index < -0.39 is 0 Å². The third kappa shape index (κ3) is 6.94. The van der Waals surface area contributed by atoms with E-state index in [2.05, 4.69) is 34.4 Å². The Labute approximate surface area is 158 Å². The molecule has 2 N–H and O–H groups in total. The summed E-state index contributed by atoms with van der Waals surface area (Å²) in [4.78, 5) is 6.92. The molecule has 0 saturated carbocycles. The maximum absolute atomic E-state index is 13.2. The van der Waals surface area contributed by atoms with Crippen LogP contribution in [0.5, 0.6) is 0 Å². The Morgan fingerprint density at radius 3 is 2.85 bits per heavy atom. The summed E-state index contributed by atoms with van der Waals surface area (Å²) in [7, 11) is 1.81. The number of aryl methyl sites for hydroxylation is 1. The van der Waals surface area contributed by atoms with Gasteiger partial charge in [-0.1, -0.05) is 19.9 Å². The summed E-state index contributed by atoms with van der Waals surface area (Å²) in [5.41, 5.74) is 2.17. The first-order valence-corrected chi connectivity index (χ1v) is 9.89. The number of guanidine groups is 1. The van der Waals surface area contributed by atoms with Gasteiger partial charge in [-0.05, 0) is 67.8 Å². The lowest BCUT2D eigenvalue weighted by molar-refractivity contribution is 0.159. The van der Waals surface area contributed by atoms with Crippen LogP contribution in [0.25, 0.3) is 0 Å². The van der Waals surface area contributed by atoms with Gasteiger partial charge in [0.15, 0.2) is 5.96 Å². The minimum Gasteiger partial charge on any atom is -0.356 e. The number of hydrogen-bond acceptors (Lipinski definition) is 2. The van der Waals surface area contributed by atoms with E-state index in [1.807, 2.05) is 20.0 Å². The number of benzene rings is 1. The van der Waals surface area contributed by atoms with E-state index in [9.17, 15) is 4.39 Å². The monoisotopic (exact) mass is 362 g/mol. The van der Waals surface area contributed by atoms with Crippen LogP contribution in [0.1, 0.15) is 37.8 Å². The molecule has 1 atom stereocenters. The first-order valence-electron chi connectivity index (χ1n) is 9.89. The van der Waals surface area contributed by atoms with Gasteiger partial charge in [-0.3, -0.25) is 4.99 Å². The quantitative estimate of drug-likeness (QED) is 0.578. The van der Waals surface area contributed by atoms with Crippen LogP contribution in [0.15, 0.2) is 23.2 Å². The molecule has 0 amide bonds. The lowest BCUT2D eigenvalue weighted by Crippen LogP contribution is -2.45. The fourth-order valence-corrected chi connectivity index (χ4v) is 3.72. The number of rotatable bonds is 7. The number of nitrogens with zero attached hydrogens (tertiary/aromatic N) is 2. The Kier molecular flexibility index (Phi) is 8.36. The Morgan fingerprint density at radius 2 is 2.15 bits per heavy atom. The van der Waals surface area contributed by atoms with E-state index >= 15 is 0 Å². The highest BCUT2D eigenvalue weighted by Crippen LogP contribution is 2.16. The van der Waals surface area contributed by atoms with Crippen LogP contribution in [-0.2, 0) is 6.42 Å². The van der Waals surface area contributed by atoms with Crippen LogP contribution in [0.4, 0.5) is 4.39 Å². The van der Waals surface area contributed by atoms with Gasteiger partial charge >= 0.3 is 0 Å². The van der Waals surface area contributed by atoms with Crippen molar-refractivity contribution in [1.29, 1.82) is 0 Å². The lowest BCUT2D eigenvalue weighted by Gasteiger charge is -2.34. The van der Waals surface area contributed by atoms with Gasteiger partial charge < -0.3 is 15.5 Å². The van der Waals surface area contributed by atoms with Gasteiger partial charge in [0.05, 0.1) is 0 Å². The van der Waals surface area contributed by atoms with Crippen LogP contribution in [0.3, 0.4) is 0 Å². The molecule has 1 aromatic carbocycles. The predicted molar refractivity (Wildman–Crippen MR) is 108 cm³/mol. The zero-order valence-corrected chi connectivity index (χ0v) is 16.8. The van der Waals surface area contributed by atoms with Crippen molar-refractivity contribution in [1.82, 2.24) is 15.5 Å². The summed E-state index contributed by atoms with van der Waals surface area (Å²) in [6.07, 6.45) is 3.43. The summed E-state index contributed by atoms with van der Waals surface area (Å²) < 4.78 is 13.2. The van der Waals surface area contributed by atoms with Crippen LogP contribution in [-0.4, -0.2) is 50.6 Å². The molecule has 1 fully saturated rings. The highest BCUT2D eigenvalue weighted by Gasteiger charge is 2.20. The molecule has 0 aromatic heterocycles. The van der Waals surface area contributed by atoms with Gasteiger partial charge in [0.25, 0.3) is 0 Å². The second-order valence-corrected chi connectivity index (χ2v) is 7.86. The standard InChI is InChI=1S/C21H35FN4/c1-16(2)14-26-11-5-6-18(15-26)13-25-21(23-4)24-10-9-19-7-8-20(22)12-17(19)3/h7-8,12,16,18H,5-6,9-11,13-15H2,1-4H3,(H2,23,24,25). The zero-order valence-electron chi connectivity index (χ0n) is 16.8. The van der Waals surface area contributed by atoms with Crippen LogP contribution in [0, 0.1) is 24.6 Å². The molecule has 5 heteroatoms. The van der Waals surface area contributed by atoms with Crippen molar-refractivity contribution >= 4 is 5.96 Å². The molecule has 1 heterocycles. The number of nitrogens with one attached hydrogen (secondary N) is 2. The van der Waals surface area contributed by atoms with Crippen molar-refractivity contribution in [3.8, 4) is 0 Å². The number of likely N-dealkylation sites (tertiary alicyclic amines) is 1. The Bertz CT molecular complexity index is 585. The number of hydrogen-bond donors (Lipinski definition) is 2. The molecule has 146 valence electrons. The highest BCUT2D eigenvalue weighted by atomic mass is 19.1. The average Bonchev–Trinajstić information content (AvgIpc) is 2.59. The summed E-state index contributed by atoms with van der Waals surface area (Å²) in [5.74, 6) is 2.09. The van der Waals surface area contributed by atoms with Crippen molar-refractivity contribution in [2.75, 3.05) is 39.8 Å². The van der Waals surface area contributed by atoms with E-state index in [0.29, 0.717) is 5.92 Å². The molecule has 1 aliphatic rings. The minimum absolute atomic E-state index is 0.171. The third-order valence-corrected chi connectivity index (χ3v) is 5.00. The van der Waals surface area contributed by atoms with Gasteiger partial charge in [0.2, 0.25) is 0 Å². The first-order chi connectivity index (χ1) is 12.5. The summed E-state index contributed by atoms with van der Waals surface area (Å²) >= 11 is 0. The topological polar surface area (TPSA) is 39.7 Å². The van der Waals surface area contributed by atoms with Gasteiger partial charge in [0, 0.05) is 33.2 Å². The summed E-state index contributed by atoms with van der Waals surface area (Å²) in [5, 5.41) is 6.85. The molecule has 1 aliphatic heterocycles. The smallest absolute Gasteiger partial charge is 0.190 e. The SMILES string of the molecule is CN=C(NCCc1ccc(F)cc1C)NCC1CCCN(CC(C)C)C1. The van der Waals surface area contributed by atoms with Crippen molar-refractivity contribution in [3.63, 3.8) is 0 Å². The van der Waals surface area contributed by atoms with Crippen LogP contribution in [0.2, 0.25) is 0 Å². The minimum atomic E-state index is -0.171. The second kappa shape index (κ2) is 10.5. The Balaban J connectivity index is 1.72. The summed E-state index contributed by atoms with van der Waals surface area (Å²) in [6.45, 7) is 11.9. The summed E-state index contributed by atoms with van der Waals surface area (Å²) in [6, 6.07) is 4.99. The highest BCUT2D eigenvalue weighted by molar-refractivity contribution is 5.79. The molecule has 26 heavy (non-hydrogen) atoms. The fraction of sp³-hybridized carbons (Fsp3) is 0.667. The molecule has 1 saturated heterocycles. The lowest BCUT2D eigenvalue weighted by atomic mass is 9.97. The predicted octanol–water partition coefficient (Wildman–Crippen LogP) is 3.21. The van der Waals surface area contributed by atoms with Crippen molar-refractivity contribution < 1.29 is 4.39 Å². The van der Waals surface area contributed by atoms with Gasteiger partial charge in [-0.15, -0.1) is 0 Å². The van der Waals surface area contributed by atoms with E-state index in [-0.39, 0.29) is 5.82 Å². The van der Waals surface area contributed by atoms with Gasteiger partial charge in [-0.25, -0.2) is 4.39 Å².